The van der Waals surface area contributed by atoms with Crippen LogP contribution >= 0.6 is 11.3 Å². The number of ether oxygens (including phenoxy) is 1. The van der Waals surface area contributed by atoms with Gasteiger partial charge in [0, 0.05) is 18.0 Å². The molecular weight excluding hydrogens is 463 g/mol. The van der Waals surface area contributed by atoms with E-state index in [1.165, 1.54) is 21.9 Å². The molecule has 0 spiro atoms. The molecule has 2 amide bonds. The number of rotatable bonds is 8. The van der Waals surface area contributed by atoms with Crippen LogP contribution in [0.4, 0.5) is 4.39 Å². The number of benzene rings is 2. The SMILES string of the molecule is Cc1ccccc1OCC1c2ccsc2CCN1C(=O)CN(CC1CC1)C(=O)c1ccccc1F. The Balaban J connectivity index is 1.36. The number of amides is 2. The predicted molar refractivity (Wildman–Crippen MR) is 134 cm³/mol. The van der Waals surface area contributed by atoms with Crippen molar-refractivity contribution in [3.63, 3.8) is 0 Å². The number of para-hydroxylation sites is 1. The largest absolute Gasteiger partial charge is 0.491 e. The monoisotopic (exact) mass is 492 g/mol. The molecule has 3 aromatic rings. The zero-order chi connectivity index (χ0) is 24.4. The van der Waals surface area contributed by atoms with E-state index in [0.29, 0.717) is 25.6 Å². The maximum Gasteiger partial charge on any atom is 0.257 e. The second-order valence-corrected chi connectivity index (χ2v) is 10.3. The number of hydrogen-bond acceptors (Lipinski definition) is 4. The van der Waals surface area contributed by atoms with Crippen molar-refractivity contribution in [3.05, 3.63) is 87.4 Å². The summed E-state index contributed by atoms with van der Waals surface area (Å²) in [5, 5.41) is 2.06. The molecule has 1 fully saturated rings. The quantitative estimate of drug-likeness (QED) is 0.431. The van der Waals surface area contributed by atoms with Crippen LogP contribution in [0.1, 0.15) is 45.2 Å². The van der Waals surface area contributed by atoms with E-state index in [1.807, 2.05) is 36.1 Å². The summed E-state index contributed by atoms with van der Waals surface area (Å²) >= 11 is 1.70. The van der Waals surface area contributed by atoms with E-state index in [0.717, 1.165) is 36.1 Å². The molecular formula is C28H29FN2O3S. The highest BCUT2D eigenvalue weighted by atomic mass is 32.1. The lowest BCUT2D eigenvalue weighted by Crippen LogP contribution is -2.48. The summed E-state index contributed by atoms with van der Waals surface area (Å²) in [5.41, 5.74) is 2.16. The summed E-state index contributed by atoms with van der Waals surface area (Å²) in [6, 6.07) is 15.7. The summed E-state index contributed by atoms with van der Waals surface area (Å²) < 4.78 is 20.5. The van der Waals surface area contributed by atoms with Crippen LogP contribution in [0.25, 0.3) is 0 Å². The summed E-state index contributed by atoms with van der Waals surface area (Å²) in [5.74, 6) is 0.0573. The summed E-state index contributed by atoms with van der Waals surface area (Å²) in [6.07, 6.45) is 2.84. The van der Waals surface area contributed by atoms with Crippen molar-refractivity contribution in [1.29, 1.82) is 0 Å². The Morgan fingerprint density at radius 1 is 1.11 bits per heavy atom. The maximum absolute atomic E-state index is 14.4. The van der Waals surface area contributed by atoms with E-state index < -0.39 is 11.7 Å². The molecule has 1 aliphatic carbocycles. The molecule has 0 radical (unpaired) electrons. The highest BCUT2D eigenvalue weighted by molar-refractivity contribution is 7.10. The van der Waals surface area contributed by atoms with Crippen LogP contribution in [0.3, 0.4) is 0 Å². The molecule has 2 heterocycles. The molecule has 7 heteroatoms. The first kappa shape index (κ1) is 23.5. The molecule has 1 aliphatic heterocycles. The Hall–Kier alpha value is -3.19. The minimum atomic E-state index is -0.559. The third-order valence-electron chi connectivity index (χ3n) is 6.80. The zero-order valence-electron chi connectivity index (χ0n) is 19.8. The number of hydrogen-bond donors (Lipinski definition) is 0. The van der Waals surface area contributed by atoms with Crippen LogP contribution in [0.15, 0.2) is 60.0 Å². The number of aryl methyl sites for hydroxylation is 1. The molecule has 5 rings (SSSR count). The third-order valence-corrected chi connectivity index (χ3v) is 7.80. The second-order valence-electron chi connectivity index (χ2n) is 9.34. The molecule has 1 saturated carbocycles. The lowest BCUT2D eigenvalue weighted by atomic mass is 10.00. The van der Waals surface area contributed by atoms with Gasteiger partial charge in [0.2, 0.25) is 5.91 Å². The van der Waals surface area contributed by atoms with Gasteiger partial charge in [-0.15, -0.1) is 11.3 Å². The summed E-state index contributed by atoms with van der Waals surface area (Å²) in [7, 11) is 0. The molecule has 2 aromatic carbocycles. The molecule has 5 nitrogen and oxygen atoms in total. The summed E-state index contributed by atoms with van der Waals surface area (Å²) in [4.78, 5) is 31.5. The Labute approximate surface area is 209 Å². The van der Waals surface area contributed by atoms with Crippen LogP contribution in [0.5, 0.6) is 5.75 Å². The van der Waals surface area contributed by atoms with Crippen molar-refractivity contribution < 1.29 is 18.7 Å². The van der Waals surface area contributed by atoms with Crippen LogP contribution < -0.4 is 4.74 Å². The fourth-order valence-corrected chi connectivity index (χ4v) is 5.58. The molecule has 0 saturated heterocycles. The van der Waals surface area contributed by atoms with Gasteiger partial charge in [0.15, 0.2) is 0 Å². The normalized spacial score (nSPS) is 17.1. The smallest absolute Gasteiger partial charge is 0.257 e. The average Bonchev–Trinajstić information content (AvgIpc) is 3.55. The van der Waals surface area contributed by atoms with E-state index in [9.17, 15) is 14.0 Å². The van der Waals surface area contributed by atoms with Gasteiger partial charge < -0.3 is 14.5 Å². The lowest BCUT2D eigenvalue weighted by molar-refractivity contribution is -0.135. The van der Waals surface area contributed by atoms with E-state index >= 15 is 0 Å². The van der Waals surface area contributed by atoms with Crippen molar-refractivity contribution in [3.8, 4) is 5.75 Å². The van der Waals surface area contributed by atoms with Gasteiger partial charge in [0.05, 0.1) is 11.6 Å². The molecule has 1 atom stereocenters. The predicted octanol–water partition coefficient (Wildman–Crippen LogP) is 5.25. The third kappa shape index (κ3) is 5.25. The van der Waals surface area contributed by atoms with Crippen LogP contribution in [-0.2, 0) is 11.2 Å². The first-order valence-electron chi connectivity index (χ1n) is 12.1. The lowest BCUT2D eigenvalue weighted by Gasteiger charge is -2.37. The fourth-order valence-electron chi connectivity index (χ4n) is 4.65. The Bertz CT molecular complexity index is 1220. The van der Waals surface area contributed by atoms with Gasteiger partial charge >= 0.3 is 0 Å². The van der Waals surface area contributed by atoms with Crippen LogP contribution in [0, 0.1) is 18.7 Å². The molecule has 0 N–H and O–H groups in total. The van der Waals surface area contributed by atoms with Crippen molar-refractivity contribution in [1.82, 2.24) is 9.80 Å². The van der Waals surface area contributed by atoms with E-state index in [1.54, 1.807) is 23.5 Å². The van der Waals surface area contributed by atoms with E-state index in [4.69, 9.17) is 4.74 Å². The van der Waals surface area contributed by atoms with Gasteiger partial charge in [-0.25, -0.2) is 4.39 Å². The van der Waals surface area contributed by atoms with Crippen molar-refractivity contribution in [2.75, 3.05) is 26.2 Å². The molecule has 2 aliphatic rings. The van der Waals surface area contributed by atoms with Crippen molar-refractivity contribution in [2.24, 2.45) is 5.92 Å². The number of halogens is 1. The van der Waals surface area contributed by atoms with Gasteiger partial charge in [-0.3, -0.25) is 9.59 Å². The molecule has 1 unspecified atom stereocenters. The van der Waals surface area contributed by atoms with Crippen LogP contribution in [0.2, 0.25) is 0 Å². The standard InChI is InChI=1S/C28H29FN2O3S/c1-19-6-2-5-9-25(19)34-18-24-22-13-15-35-26(22)12-14-31(24)27(32)17-30(16-20-10-11-20)28(33)21-7-3-4-8-23(21)29/h2-9,13,15,20,24H,10-12,14,16-18H2,1H3. The van der Waals surface area contributed by atoms with Gasteiger partial charge in [0.25, 0.3) is 5.91 Å². The van der Waals surface area contributed by atoms with Crippen molar-refractivity contribution in [2.45, 2.75) is 32.2 Å². The first-order chi connectivity index (χ1) is 17.0. The number of fused-ring (bicyclic) bond motifs is 1. The number of carbonyl (C=O) groups excluding carboxylic acids is 2. The molecule has 182 valence electrons. The highest BCUT2D eigenvalue weighted by Crippen LogP contribution is 2.35. The minimum absolute atomic E-state index is 0.0131. The number of thiophene rings is 1. The number of nitrogens with zero attached hydrogens (tertiary/aromatic N) is 2. The van der Waals surface area contributed by atoms with Gasteiger partial charge in [-0.1, -0.05) is 30.3 Å². The van der Waals surface area contributed by atoms with Gasteiger partial charge in [0.1, 0.15) is 24.7 Å². The zero-order valence-corrected chi connectivity index (χ0v) is 20.6. The molecule has 0 bridgehead atoms. The maximum atomic E-state index is 14.4. The van der Waals surface area contributed by atoms with Gasteiger partial charge in [-0.2, -0.15) is 0 Å². The molecule has 35 heavy (non-hydrogen) atoms. The van der Waals surface area contributed by atoms with Crippen molar-refractivity contribution >= 4 is 23.2 Å². The fraction of sp³-hybridized carbons (Fsp3) is 0.357. The van der Waals surface area contributed by atoms with Gasteiger partial charge in [-0.05, 0) is 72.9 Å². The first-order valence-corrected chi connectivity index (χ1v) is 13.0. The average molecular weight is 493 g/mol. The number of carbonyl (C=O) groups is 2. The second kappa shape index (κ2) is 10.2. The van der Waals surface area contributed by atoms with E-state index in [2.05, 4.69) is 11.4 Å². The highest BCUT2D eigenvalue weighted by Gasteiger charge is 2.35. The topological polar surface area (TPSA) is 49.9 Å². The summed E-state index contributed by atoms with van der Waals surface area (Å²) in [6.45, 7) is 3.31. The van der Waals surface area contributed by atoms with E-state index in [-0.39, 0.29) is 24.1 Å². The minimum Gasteiger partial charge on any atom is -0.491 e. The Morgan fingerprint density at radius 2 is 1.89 bits per heavy atom. The van der Waals surface area contributed by atoms with Crippen LogP contribution in [-0.4, -0.2) is 47.9 Å². The Morgan fingerprint density at radius 3 is 2.66 bits per heavy atom. The molecule has 1 aromatic heterocycles. The Kier molecular flexibility index (Phi) is 6.86.